The van der Waals surface area contributed by atoms with Crippen molar-refractivity contribution in [2.75, 3.05) is 0 Å². The summed E-state index contributed by atoms with van der Waals surface area (Å²) in [6.07, 6.45) is 3.31. The van der Waals surface area contributed by atoms with Gasteiger partial charge in [-0.1, -0.05) is 64.0 Å². The van der Waals surface area contributed by atoms with Gasteiger partial charge in [0.15, 0.2) is 0 Å². The molecule has 3 aromatic carbocycles. The van der Waals surface area contributed by atoms with Gasteiger partial charge in [-0.05, 0) is 66.1 Å². The lowest BCUT2D eigenvalue weighted by molar-refractivity contribution is -0.140. The van der Waals surface area contributed by atoms with Crippen molar-refractivity contribution in [3.63, 3.8) is 0 Å². The van der Waals surface area contributed by atoms with Gasteiger partial charge in [0.25, 0.3) is 11.7 Å². The number of aryl methyl sites for hydroxylation is 1. The number of benzene rings is 3. The maximum Gasteiger partial charge on any atom is 0.295 e. The first-order chi connectivity index (χ1) is 18.4. The number of hydrogen-bond donors (Lipinski definition) is 1. The Labute approximate surface area is 229 Å². The number of aliphatic hydroxyl groups is 1. The molecule has 1 amide bonds. The van der Waals surface area contributed by atoms with E-state index in [0.717, 1.165) is 26.7 Å². The molecule has 2 heterocycles. The van der Waals surface area contributed by atoms with Gasteiger partial charge in [0.1, 0.15) is 18.1 Å². The fourth-order valence-corrected chi connectivity index (χ4v) is 4.82. The van der Waals surface area contributed by atoms with Crippen molar-refractivity contribution in [3.05, 3.63) is 135 Å². The summed E-state index contributed by atoms with van der Waals surface area (Å²) in [4.78, 5) is 32.1. The molecule has 0 bridgehead atoms. The van der Waals surface area contributed by atoms with E-state index in [1.165, 1.54) is 4.90 Å². The maximum absolute atomic E-state index is 13.3. The number of Topliss-reactive ketones (excluding diaryl/α,β-unsaturated/α-hetero) is 1. The number of pyridine rings is 1. The van der Waals surface area contributed by atoms with Crippen molar-refractivity contribution in [2.45, 2.75) is 26.1 Å². The van der Waals surface area contributed by atoms with Crippen molar-refractivity contribution in [1.29, 1.82) is 0 Å². The molecular formula is C31H25BrN2O4. The number of halogens is 1. The Balaban J connectivity index is 1.47. The number of ether oxygens (including phenoxy) is 1. The van der Waals surface area contributed by atoms with E-state index in [-0.39, 0.29) is 17.9 Å². The summed E-state index contributed by atoms with van der Waals surface area (Å²) in [7, 11) is 0. The summed E-state index contributed by atoms with van der Waals surface area (Å²) in [5.41, 5.74) is 4.19. The topological polar surface area (TPSA) is 79.7 Å². The Morgan fingerprint density at radius 3 is 2.39 bits per heavy atom. The van der Waals surface area contributed by atoms with E-state index in [1.807, 2.05) is 55.5 Å². The Bertz CT molecular complexity index is 1500. The molecule has 0 aliphatic carbocycles. The number of hydrogen-bond acceptors (Lipinski definition) is 5. The quantitative estimate of drug-likeness (QED) is 0.159. The van der Waals surface area contributed by atoms with E-state index in [2.05, 4.69) is 27.0 Å². The van der Waals surface area contributed by atoms with Gasteiger partial charge in [-0.25, -0.2) is 0 Å². The largest absolute Gasteiger partial charge is 0.507 e. The third-order valence-electron chi connectivity index (χ3n) is 6.42. The summed E-state index contributed by atoms with van der Waals surface area (Å²) in [6.45, 7) is 2.63. The van der Waals surface area contributed by atoms with Crippen LogP contribution in [0, 0.1) is 6.92 Å². The second kappa shape index (κ2) is 11.0. The van der Waals surface area contributed by atoms with Crippen LogP contribution < -0.4 is 4.74 Å². The molecule has 1 unspecified atom stereocenters. The van der Waals surface area contributed by atoms with Gasteiger partial charge in [0, 0.05) is 29.0 Å². The van der Waals surface area contributed by atoms with Crippen LogP contribution in [-0.2, 0) is 22.7 Å². The zero-order valence-electron chi connectivity index (χ0n) is 20.7. The van der Waals surface area contributed by atoms with Crippen LogP contribution in [0.3, 0.4) is 0 Å². The first kappa shape index (κ1) is 25.4. The van der Waals surface area contributed by atoms with E-state index in [9.17, 15) is 14.7 Å². The molecule has 4 aromatic rings. The van der Waals surface area contributed by atoms with Crippen LogP contribution in [0.2, 0.25) is 0 Å². The summed E-state index contributed by atoms with van der Waals surface area (Å²) in [5.74, 6) is -0.986. The summed E-state index contributed by atoms with van der Waals surface area (Å²) < 4.78 is 6.76. The highest BCUT2D eigenvalue weighted by Gasteiger charge is 2.46. The highest BCUT2D eigenvalue weighted by atomic mass is 79.9. The summed E-state index contributed by atoms with van der Waals surface area (Å²) in [5, 5.41) is 11.3. The van der Waals surface area contributed by atoms with E-state index in [1.54, 1.807) is 42.7 Å². The van der Waals surface area contributed by atoms with Crippen LogP contribution in [0.1, 0.15) is 33.9 Å². The third-order valence-corrected chi connectivity index (χ3v) is 6.95. The number of aliphatic hydroxyl groups excluding tert-OH is 1. The molecule has 1 aliphatic heterocycles. The molecule has 0 radical (unpaired) electrons. The minimum atomic E-state index is -0.749. The second-order valence-corrected chi connectivity index (χ2v) is 10.1. The van der Waals surface area contributed by atoms with Crippen molar-refractivity contribution in [3.8, 4) is 5.75 Å². The smallest absolute Gasteiger partial charge is 0.295 e. The fourth-order valence-electron chi connectivity index (χ4n) is 4.56. The molecule has 1 atom stereocenters. The Morgan fingerprint density at radius 2 is 1.71 bits per heavy atom. The molecule has 6 nitrogen and oxygen atoms in total. The molecule has 7 heteroatoms. The van der Waals surface area contributed by atoms with E-state index >= 15 is 0 Å². The highest BCUT2D eigenvalue weighted by Crippen LogP contribution is 2.40. The molecule has 190 valence electrons. The SMILES string of the molecule is Cc1cccc(COc2ccc(/C(O)=C3\C(=O)C(=O)N(Cc4cccnc4)C3c3ccc(Br)cc3)cc2)c1. The van der Waals surface area contributed by atoms with E-state index in [0.29, 0.717) is 17.9 Å². The van der Waals surface area contributed by atoms with Crippen LogP contribution >= 0.6 is 15.9 Å². The fraction of sp³-hybridized carbons (Fsp3) is 0.129. The molecule has 1 fully saturated rings. The van der Waals surface area contributed by atoms with E-state index < -0.39 is 17.7 Å². The Morgan fingerprint density at radius 1 is 0.974 bits per heavy atom. The highest BCUT2D eigenvalue weighted by molar-refractivity contribution is 9.10. The van der Waals surface area contributed by atoms with Gasteiger partial charge >= 0.3 is 0 Å². The predicted octanol–water partition coefficient (Wildman–Crippen LogP) is 6.35. The molecule has 38 heavy (non-hydrogen) atoms. The van der Waals surface area contributed by atoms with Crippen LogP contribution in [-0.4, -0.2) is 26.7 Å². The zero-order valence-corrected chi connectivity index (χ0v) is 22.3. The Hall–Kier alpha value is -4.23. The van der Waals surface area contributed by atoms with Crippen LogP contribution in [0.25, 0.3) is 5.76 Å². The minimum Gasteiger partial charge on any atom is -0.507 e. The number of nitrogens with zero attached hydrogens (tertiary/aromatic N) is 2. The van der Waals surface area contributed by atoms with Gasteiger partial charge in [-0.2, -0.15) is 0 Å². The van der Waals surface area contributed by atoms with Gasteiger partial charge in [-0.3, -0.25) is 14.6 Å². The van der Waals surface area contributed by atoms with Crippen LogP contribution in [0.15, 0.2) is 107 Å². The van der Waals surface area contributed by atoms with Crippen LogP contribution in [0.5, 0.6) is 5.75 Å². The molecule has 1 aromatic heterocycles. The number of ketones is 1. The molecule has 1 saturated heterocycles. The Kier molecular flexibility index (Phi) is 7.38. The molecule has 1 aliphatic rings. The molecule has 1 N–H and O–H groups in total. The van der Waals surface area contributed by atoms with Crippen molar-refractivity contribution in [1.82, 2.24) is 9.88 Å². The van der Waals surface area contributed by atoms with Crippen molar-refractivity contribution in [2.24, 2.45) is 0 Å². The first-order valence-electron chi connectivity index (χ1n) is 12.1. The van der Waals surface area contributed by atoms with Crippen molar-refractivity contribution >= 4 is 33.4 Å². The number of amides is 1. The zero-order chi connectivity index (χ0) is 26.6. The summed E-state index contributed by atoms with van der Waals surface area (Å²) in [6, 6.07) is 25.2. The number of likely N-dealkylation sites (tertiary alicyclic amines) is 1. The average Bonchev–Trinajstić information content (AvgIpc) is 3.18. The number of aromatic nitrogens is 1. The van der Waals surface area contributed by atoms with Crippen LogP contribution in [0.4, 0.5) is 0 Å². The third kappa shape index (κ3) is 5.38. The maximum atomic E-state index is 13.3. The first-order valence-corrected chi connectivity index (χ1v) is 12.9. The number of carbonyl (C=O) groups excluding carboxylic acids is 2. The minimum absolute atomic E-state index is 0.0506. The number of carbonyl (C=O) groups is 2. The normalized spacial score (nSPS) is 16.6. The van der Waals surface area contributed by atoms with Gasteiger partial charge < -0.3 is 14.7 Å². The summed E-state index contributed by atoms with van der Waals surface area (Å²) >= 11 is 3.44. The van der Waals surface area contributed by atoms with Gasteiger partial charge in [0.05, 0.1) is 11.6 Å². The predicted molar refractivity (Wildman–Crippen MR) is 148 cm³/mol. The average molecular weight is 569 g/mol. The molecular weight excluding hydrogens is 544 g/mol. The lowest BCUT2D eigenvalue weighted by atomic mass is 9.95. The number of rotatable bonds is 7. The lowest BCUT2D eigenvalue weighted by Crippen LogP contribution is -2.29. The van der Waals surface area contributed by atoms with Gasteiger partial charge in [-0.15, -0.1) is 0 Å². The van der Waals surface area contributed by atoms with Crippen molar-refractivity contribution < 1.29 is 19.4 Å². The standard InChI is InChI=1S/C31H25BrN2O4/c1-20-4-2-5-21(16-20)19-38-26-13-9-24(10-14-26)29(35)27-28(23-7-11-25(32)12-8-23)34(31(37)30(27)36)18-22-6-3-15-33-17-22/h2-17,28,35H,18-19H2,1H3/b29-27+. The second-order valence-electron chi connectivity index (χ2n) is 9.14. The molecule has 0 saturated carbocycles. The molecule has 5 rings (SSSR count). The molecule has 0 spiro atoms. The lowest BCUT2D eigenvalue weighted by Gasteiger charge is -2.25. The van der Waals surface area contributed by atoms with Gasteiger partial charge in [0.2, 0.25) is 0 Å². The van der Waals surface area contributed by atoms with E-state index in [4.69, 9.17) is 4.74 Å². The monoisotopic (exact) mass is 568 g/mol.